The maximum absolute atomic E-state index is 12.7. The van der Waals surface area contributed by atoms with E-state index >= 15 is 0 Å². The van der Waals surface area contributed by atoms with E-state index in [9.17, 15) is 31.1 Å². The molecule has 0 aromatic carbocycles. The molecule has 18 heavy (non-hydrogen) atoms. The largest absolute Gasteiger partial charge is 0.508 e. The van der Waals surface area contributed by atoms with E-state index in [0.717, 1.165) is 0 Å². The number of carbonyl (C=O) groups excluding carboxylic acids is 1. The van der Waals surface area contributed by atoms with Gasteiger partial charge in [-0.25, -0.2) is 9.18 Å². The third kappa shape index (κ3) is 5.46. The van der Waals surface area contributed by atoms with Gasteiger partial charge in [0.05, 0.1) is 0 Å². The Balaban J connectivity index is 4.31. The molecule has 0 saturated carbocycles. The molecule has 0 bridgehead atoms. The summed E-state index contributed by atoms with van der Waals surface area (Å²) in [7, 11) is 0. The molecule has 2 unspecified atom stereocenters. The molecule has 0 amide bonds. The summed E-state index contributed by atoms with van der Waals surface area (Å²) in [4.78, 5) is 10.7. The Hall–Kier alpha value is -1.15. The molecule has 0 aromatic heterocycles. The van der Waals surface area contributed by atoms with E-state index in [4.69, 9.17) is 0 Å². The predicted octanol–water partition coefficient (Wildman–Crippen LogP) is 3.47. The lowest BCUT2D eigenvalue weighted by molar-refractivity contribution is -0.252. The molecule has 0 rings (SSSR count). The van der Waals surface area contributed by atoms with Crippen molar-refractivity contribution >= 4 is 6.16 Å². The summed E-state index contributed by atoms with van der Waals surface area (Å²) in [5.74, 6) is -4.85. The van der Waals surface area contributed by atoms with Gasteiger partial charge >= 0.3 is 18.3 Å². The Labute approximate surface area is 99.0 Å². The third-order valence-electron chi connectivity index (χ3n) is 1.91. The van der Waals surface area contributed by atoms with Crippen molar-refractivity contribution < 1.29 is 40.6 Å². The SMILES string of the molecule is CCC(C)OC(=O)OCC(F)(F)C(F)C(F)(F)F. The molecule has 9 heteroatoms. The standard InChI is InChI=1S/C9H12F6O3/c1-3-5(2)18-7(16)17-4-8(11,12)6(10)9(13,14)15/h5-6H,3-4H2,1-2H3. The fourth-order valence-electron chi connectivity index (χ4n) is 0.749. The summed E-state index contributed by atoms with van der Waals surface area (Å²) < 4.78 is 80.9. The maximum atomic E-state index is 12.7. The number of carbonyl (C=O) groups is 1. The van der Waals surface area contributed by atoms with Gasteiger partial charge < -0.3 is 9.47 Å². The van der Waals surface area contributed by atoms with Gasteiger partial charge in [-0.3, -0.25) is 0 Å². The van der Waals surface area contributed by atoms with E-state index in [1.54, 1.807) is 6.92 Å². The number of halogens is 6. The van der Waals surface area contributed by atoms with Gasteiger partial charge in [0.25, 0.3) is 6.17 Å². The van der Waals surface area contributed by atoms with Crippen LogP contribution in [0.25, 0.3) is 0 Å². The summed E-state index contributed by atoms with van der Waals surface area (Å²) in [5.41, 5.74) is 0. The third-order valence-corrected chi connectivity index (χ3v) is 1.91. The minimum absolute atomic E-state index is 0.361. The summed E-state index contributed by atoms with van der Waals surface area (Å²) in [5, 5.41) is 0. The van der Waals surface area contributed by atoms with Crippen LogP contribution in [-0.4, -0.2) is 37.1 Å². The van der Waals surface area contributed by atoms with E-state index in [-0.39, 0.29) is 0 Å². The van der Waals surface area contributed by atoms with Crippen molar-refractivity contribution in [1.29, 1.82) is 0 Å². The molecule has 0 saturated heterocycles. The summed E-state index contributed by atoms with van der Waals surface area (Å²) in [6.07, 6.45) is -12.0. The van der Waals surface area contributed by atoms with Crippen molar-refractivity contribution in [3.05, 3.63) is 0 Å². The first kappa shape index (κ1) is 16.9. The summed E-state index contributed by atoms with van der Waals surface area (Å²) >= 11 is 0. The number of alkyl halides is 6. The van der Waals surface area contributed by atoms with Gasteiger partial charge in [0.1, 0.15) is 6.10 Å². The molecule has 0 N–H and O–H groups in total. The van der Waals surface area contributed by atoms with Crippen LogP contribution in [0, 0.1) is 0 Å². The smallest absolute Gasteiger partial charge is 0.431 e. The highest BCUT2D eigenvalue weighted by Gasteiger charge is 2.57. The van der Waals surface area contributed by atoms with E-state index < -0.39 is 37.1 Å². The van der Waals surface area contributed by atoms with E-state index in [0.29, 0.717) is 6.42 Å². The lowest BCUT2D eigenvalue weighted by Gasteiger charge is -2.22. The minimum atomic E-state index is -5.73. The monoisotopic (exact) mass is 282 g/mol. The van der Waals surface area contributed by atoms with Crippen molar-refractivity contribution in [1.82, 2.24) is 0 Å². The van der Waals surface area contributed by atoms with Gasteiger partial charge in [-0.15, -0.1) is 0 Å². The van der Waals surface area contributed by atoms with Gasteiger partial charge in [-0.2, -0.15) is 22.0 Å². The Morgan fingerprint density at radius 3 is 2.11 bits per heavy atom. The molecule has 0 aliphatic rings. The van der Waals surface area contributed by atoms with Gasteiger partial charge in [-0.05, 0) is 13.3 Å². The molecule has 0 aliphatic heterocycles. The van der Waals surface area contributed by atoms with Crippen LogP contribution in [0.2, 0.25) is 0 Å². The molecule has 3 nitrogen and oxygen atoms in total. The summed E-state index contributed by atoms with van der Waals surface area (Å²) in [6, 6.07) is 0. The Morgan fingerprint density at radius 2 is 1.72 bits per heavy atom. The van der Waals surface area contributed by atoms with E-state index in [1.807, 2.05) is 0 Å². The van der Waals surface area contributed by atoms with Crippen LogP contribution in [0.15, 0.2) is 0 Å². The normalized spacial score (nSPS) is 16.0. The Morgan fingerprint density at radius 1 is 1.22 bits per heavy atom. The van der Waals surface area contributed by atoms with Gasteiger partial charge in [0.15, 0.2) is 6.61 Å². The van der Waals surface area contributed by atoms with E-state index in [1.165, 1.54) is 6.92 Å². The van der Waals surface area contributed by atoms with Crippen molar-refractivity contribution in [2.45, 2.75) is 44.6 Å². The number of hydrogen-bond acceptors (Lipinski definition) is 3. The molecular weight excluding hydrogens is 270 g/mol. The highest BCUT2D eigenvalue weighted by atomic mass is 19.4. The van der Waals surface area contributed by atoms with Crippen LogP contribution >= 0.6 is 0 Å². The lowest BCUT2D eigenvalue weighted by atomic mass is 10.2. The molecule has 108 valence electrons. The van der Waals surface area contributed by atoms with Crippen LogP contribution < -0.4 is 0 Å². The number of hydrogen-bond donors (Lipinski definition) is 0. The van der Waals surface area contributed by atoms with Crippen LogP contribution in [0.4, 0.5) is 31.1 Å². The zero-order valence-electron chi connectivity index (χ0n) is 9.56. The highest BCUT2D eigenvalue weighted by Crippen LogP contribution is 2.35. The van der Waals surface area contributed by atoms with Crippen LogP contribution in [0.5, 0.6) is 0 Å². The molecule has 0 aromatic rings. The molecule has 0 fully saturated rings. The maximum Gasteiger partial charge on any atom is 0.508 e. The predicted molar refractivity (Wildman–Crippen MR) is 48.1 cm³/mol. The molecule has 0 aliphatic carbocycles. The molecular formula is C9H12F6O3. The molecule has 0 heterocycles. The van der Waals surface area contributed by atoms with E-state index in [2.05, 4.69) is 9.47 Å². The highest BCUT2D eigenvalue weighted by molar-refractivity contribution is 5.60. The van der Waals surface area contributed by atoms with Crippen LogP contribution in [0.1, 0.15) is 20.3 Å². The minimum Gasteiger partial charge on any atom is -0.431 e. The molecule has 0 radical (unpaired) electrons. The quantitative estimate of drug-likeness (QED) is 0.572. The first-order chi connectivity index (χ1) is 8.00. The topological polar surface area (TPSA) is 35.5 Å². The van der Waals surface area contributed by atoms with Crippen molar-refractivity contribution in [3.63, 3.8) is 0 Å². The molecule has 0 spiro atoms. The van der Waals surface area contributed by atoms with Crippen LogP contribution in [-0.2, 0) is 9.47 Å². The van der Waals surface area contributed by atoms with Crippen molar-refractivity contribution in [3.8, 4) is 0 Å². The van der Waals surface area contributed by atoms with Crippen molar-refractivity contribution in [2.75, 3.05) is 6.61 Å². The Bertz CT molecular complexity index is 278. The number of rotatable bonds is 5. The second kappa shape index (κ2) is 6.14. The Kier molecular flexibility index (Phi) is 5.75. The zero-order valence-corrected chi connectivity index (χ0v) is 9.56. The molecule has 2 atom stereocenters. The van der Waals surface area contributed by atoms with Gasteiger partial charge in [0.2, 0.25) is 0 Å². The van der Waals surface area contributed by atoms with Crippen molar-refractivity contribution in [2.24, 2.45) is 0 Å². The fraction of sp³-hybridized carbons (Fsp3) is 0.889. The average molecular weight is 282 g/mol. The van der Waals surface area contributed by atoms with Gasteiger partial charge in [-0.1, -0.05) is 6.92 Å². The summed E-state index contributed by atoms with van der Waals surface area (Å²) in [6.45, 7) is 1.00. The second-order valence-corrected chi connectivity index (χ2v) is 3.54. The fourth-order valence-corrected chi connectivity index (χ4v) is 0.749. The van der Waals surface area contributed by atoms with Crippen LogP contribution in [0.3, 0.4) is 0 Å². The second-order valence-electron chi connectivity index (χ2n) is 3.54. The first-order valence-electron chi connectivity index (χ1n) is 4.92. The zero-order chi connectivity index (χ0) is 14.6. The van der Waals surface area contributed by atoms with Gasteiger partial charge in [0, 0.05) is 0 Å². The number of ether oxygens (including phenoxy) is 2. The first-order valence-corrected chi connectivity index (χ1v) is 4.92. The lowest BCUT2D eigenvalue weighted by Crippen LogP contribution is -2.45. The average Bonchev–Trinajstić information content (AvgIpc) is 2.24.